The van der Waals surface area contributed by atoms with Crippen molar-refractivity contribution in [3.05, 3.63) is 35.4 Å². The Balaban J connectivity index is 3.13. The molecule has 2 unspecified atom stereocenters. The monoisotopic (exact) mass is 195 g/mol. The maximum atomic E-state index is 10.8. The summed E-state index contributed by atoms with van der Waals surface area (Å²) in [4.78, 5) is 10.8. The van der Waals surface area contributed by atoms with E-state index in [1.807, 2.05) is 0 Å². The van der Waals surface area contributed by atoms with Crippen molar-refractivity contribution in [2.24, 2.45) is 5.73 Å². The fraction of sp³-hybridized carbons (Fsp3) is 0.300. The van der Waals surface area contributed by atoms with E-state index in [0.717, 1.165) is 0 Å². The molecule has 0 aromatic heterocycles. The molecule has 0 aliphatic heterocycles. The van der Waals surface area contributed by atoms with Crippen molar-refractivity contribution >= 4 is 5.97 Å². The Morgan fingerprint density at radius 1 is 1.43 bits per heavy atom. The fourth-order valence-corrected chi connectivity index (χ4v) is 1.24. The van der Waals surface area contributed by atoms with E-state index in [-0.39, 0.29) is 5.56 Å². The molecule has 14 heavy (non-hydrogen) atoms. The topological polar surface area (TPSA) is 83.5 Å². The Bertz CT molecular complexity index is 336. The van der Waals surface area contributed by atoms with Crippen LogP contribution in [-0.4, -0.2) is 22.3 Å². The third-order valence-electron chi connectivity index (χ3n) is 2.07. The van der Waals surface area contributed by atoms with E-state index in [1.165, 1.54) is 13.0 Å². The molecule has 1 aromatic carbocycles. The average molecular weight is 195 g/mol. The van der Waals surface area contributed by atoms with Crippen LogP contribution in [0.1, 0.15) is 28.9 Å². The van der Waals surface area contributed by atoms with Gasteiger partial charge < -0.3 is 15.9 Å². The number of carbonyl (C=O) groups is 1. The fourth-order valence-electron chi connectivity index (χ4n) is 1.24. The number of benzene rings is 1. The van der Waals surface area contributed by atoms with Crippen molar-refractivity contribution in [1.82, 2.24) is 0 Å². The van der Waals surface area contributed by atoms with Crippen molar-refractivity contribution in [2.75, 3.05) is 0 Å². The van der Waals surface area contributed by atoms with Gasteiger partial charge in [-0.15, -0.1) is 0 Å². The summed E-state index contributed by atoms with van der Waals surface area (Å²) in [7, 11) is 0. The minimum Gasteiger partial charge on any atom is -0.478 e. The molecule has 4 nitrogen and oxygen atoms in total. The Hall–Kier alpha value is -1.39. The molecule has 4 heteroatoms. The predicted molar refractivity (Wildman–Crippen MR) is 52.0 cm³/mol. The van der Waals surface area contributed by atoms with Crippen molar-refractivity contribution in [2.45, 2.75) is 19.1 Å². The summed E-state index contributed by atoms with van der Waals surface area (Å²) < 4.78 is 0. The van der Waals surface area contributed by atoms with Gasteiger partial charge in [-0.3, -0.25) is 0 Å². The summed E-state index contributed by atoms with van der Waals surface area (Å²) in [5.41, 5.74) is 6.26. The minimum absolute atomic E-state index is 0.140. The summed E-state index contributed by atoms with van der Waals surface area (Å²) in [6.45, 7) is 1.53. The highest BCUT2D eigenvalue weighted by Gasteiger charge is 2.18. The average Bonchev–Trinajstić information content (AvgIpc) is 2.16. The first-order chi connectivity index (χ1) is 6.54. The zero-order valence-corrected chi connectivity index (χ0v) is 7.84. The summed E-state index contributed by atoms with van der Waals surface area (Å²) in [6, 6.07) is 5.74. The molecule has 0 saturated heterocycles. The smallest absolute Gasteiger partial charge is 0.336 e. The van der Waals surface area contributed by atoms with Crippen LogP contribution in [0.25, 0.3) is 0 Å². The number of carboxylic acids is 1. The van der Waals surface area contributed by atoms with E-state index >= 15 is 0 Å². The molecule has 0 radical (unpaired) electrons. The lowest BCUT2D eigenvalue weighted by Gasteiger charge is -2.16. The number of hydrogen-bond donors (Lipinski definition) is 3. The van der Waals surface area contributed by atoms with Crippen LogP contribution in [0.3, 0.4) is 0 Å². The van der Waals surface area contributed by atoms with Crippen molar-refractivity contribution in [1.29, 1.82) is 0 Å². The maximum absolute atomic E-state index is 10.8. The molecule has 0 amide bonds. The summed E-state index contributed by atoms with van der Waals surface area (Å²) in [6.07, 6.45) is -0.768. The van der Waals surface area contributed by atoms with E-state index in [1.54, 1.807) is 18.2 Å². The second kappa shape index (κ2) is 4.21. The van der Waals surface area contributed by atoms with Crippen molar-refractivity contribution in [3.8, 4) is 0 Å². The van der Waals surface area contributed by atoms with Gasteiger partial charge in [-0.25, -0.2) is 4.79 Å². The molecular weight excluding hydrogens is 182 g/mol. The number of aliphatic hydroxyl groups excluding tert-OH is 1. The standard InChI is InChI=1S/C10H13NO3/c1-6(12)9(11)7-4-2-3-5-8(7)10(13)14/h2-6,9,12H,11H2,1H3,(H,13,14). The third-order valence-corrected chi connectivity index (χ3v) is 2.07. The Kier molecular flexibility index (Phi) is 3.22. The van der Waals surface area contributed by atoms with Gasteiger partial charge in [0, 0.05) is 0 Å². The molecule has 0 saturated carbocycles. The Labute approximate surface area is 82.0 Å². The van der Waals surface area contributed by atoms with Gasteiger partial charge in [0.2, 0.25) is 0 Å². The van der Waals surface area contributed by atoms with Crippen LogP contribution in [0.4, 0.5) is 0 Å². The third kappa shape index (κ3) is 2.10. The molecule has 0 aliphatic rings. The summed E-state index contributed by atoms with van der Waals surface area (Å²) in [5, 5.41) is 18.1. The summed E-state index contributed by atoms with van der Waals surface area (Å²) >= 11 is 0. The van der Waals surface area contributed by atoms with Crippen LogP contribution < -0.4 is 5.73 Å². The SMILES string of the molecule is CC(O)C(N)c1ccccc1C(=O)O. The number of hydrogen-bond acceptors (Lipinski definition) is 3. The number of carboxylic acid groups (broad SMARTS) is 1. The largest absolute Gasteiger partial charge is 0.478 e. The predicted octanol–water partition coefficient (Wildman–Crippen LogP) is 0.765. The molecule has 1 aromatic rings. The lowest BCUT2D eigenvalue weighted by Crippen LogP contribution is -2.25. The van der Waals surface area contributed by atoms with Crippen LogP contribution in [0.5, 0.6) is 0 Å². The zero-order valence-electron chi connectivity index (χ0n) is 7.84. The number of rotatable bonds is 3. The highest BCUT2D eigenvalue weighted by molar-refractivity contribution is 5.89. The molecule has 4 N–H and O–H groups in total. The molecule has 2 atom stereocenters. The molecule has 0 aliphatic carbocycles. The highest BCUT2D eigenvalue weighted by atomic mass is 16.4. The van der Waals surface area contributed by atoms with Gasteiger partial charge in [0.1, 0.15) is 0 Å². The van der Waals surface area contributed by atoms with Crippen molar-refractivity contribution < 1.29 is 15.0 Å². The molecule has 1 rings (SSSR count). The molecule has 0 fully saturated rings. The van der Waals surface area contributed by atoms with Crippen LogP contribution in [-0.2, 0) is 0 Å². The Morgan fingerprint density at radius 2 is 2.00 bits per heavy atom. The Morgan fingerprint density at radius 3 is 2.50 bits per heavy atom. The minimum atomic E-state index is -1.03. The molecule has 76 valence electrons. The normalized spacial score (nSPS) is 14.8. The van der Waals surface area contributed by atoms with Crippen LogP contribution in [0, 0.1) is 0 Å². The lowest BCUT2D eigenvalue weighted by molar-refractivity contribution is 0.0693. The first kappa shape index (κ1) is 10.7. The van der Waals surface area contributed by atoms with Gasteiger partial charge in [0.15, 0.2) is 0 Å². The van der Waals surface area contributed by atoms with E-state index in [4.69, 9.17) is 10.8 Å². The van der Waals surface area contributed by atoms with E-state index in [2.05, 4.69) is 0 Å². The van der Waals surface area contributed by atoms with Gasteiger partial charge in [0.05, 0.1) is 17.7 Å². The van der Waals surface area contributed by atoms with Crippen LogP contribution in [0.2, 0.25) is 0 Å². The van der Waals surface area contributed by atoms with E-state index in [9.17, 15) is 9.90 Å². The van der Waals surface area contributed by atoms with Gasteiger partial charge in [0.25, 0.3) is 0 Å². The molecule has 0 spiro atoms. The van der Waals surface area contributed by atoms with Gasteiger partial charge in [-0.1, -0.05) is 18.2 Å². The number of aliphatic hydroxyl groups is 1. The second-order valence-electron chi connectivity index (χ2n) is 3.16. The first-order valence-corrected chi connectivity index (χ1v) is 4.30. The van der Waals surface area contributed by atoms with Gasteiger partial charge in [-0.2, -0.15) is 0 Å². The number of aromatic carboxylic acids is 1. The molecule has 0 heterocycles. The maximum Gasteiger partial charge on any atom is 0.336 e. The zero-order chi connectivity index (χ0) is 10.7. The number of nitrogens with two attached hydrogens (primary N) is 1. The van der Waals surface area contributed by atoms with Gasteiger partial charge in [-0.05, 0) is 18.6 Å². The highest BCUT2D eigenvalue weighted by Crippen LogP contribution is 2.18. The molecular formula is C10H13NO3. The van der Waals surface area contributed by atoms with E-state index in [0.29, 0.717) is 5.56 Å². The lowest BCUT2D eigenvalue weighted by atomic mass is 9.98. The van der Waals surface area contributed by atoms with Crippen molar-refractivity contribution in [3.63, 3.8) is 0 Å². The molecule has 0 bridgehead atoms. The van der Waals surface area contributed by atoms with Gasteiger partial charge >= 0.3 is 5.97 Å². The summed E-state index contributed by atoms with van der Waals surface area (Å²) in [5.74, 6) is -1.03. The van der Waals surface area contributed by atoms with Crippen LogP contribution >= 0.6 is 0 Å². The second-order valence-corrected chi connectivity index (χ2v) is 3.16. The van der Waals surface area contributed by atoms with E-state index < -0.39 is 18.1 Å². The quantitative estimate of drug-likeness (QED) is 0.665. The first-order valence-electron chi connectivity index (χ1n) is 4.30. The van der Waals surface area contributed by atoms with Crippen LogP contribution in [0.15, 0.2) is 24.3 Å².